The van der Waals surface area contributed by atoms with E-state index in [0.717, 1.165) is 50.7 Å². The second-order valence-corrected chi connectivity index (χ2v) is 11.2. The molecular formula is C30H34O3. The first-order valence-corrected chi connectivity index (χ1v) is 12.7. The van der Waals surface area contributed by atoms with E-state index in [1.54, 1.807) is 12.5 Å². The quantitative estimate of drug-likeness (QED) is 0.388. The second kappa shape index (κ2) is 7.37. The molecule has 172 valence electrons. The summed E-state index contributed by atoms with van der Waals surface area (Å²) in [7, 11) is 0. The molecule has 0 bridgehead atoms. The Labute approximate surface area is 197 Å². The zero-order valence-electron chi connectivity index (χ0n) is 19.9. The number of carbonyl (C=O) groups is 2. The molecule has 3 heteroatoms. The average Bonchev–Trinajstić information content (AvgIpc) is 3.33. The lowest BCUT2D eigenvalue weighted by Crippen LogP contribution is -2.52. The minimum Gasteiger partial charge on any atom is -0.370 e. The summed E-state index contributed by atoms with van der Waals surface area (Å²) in [5.74, 6) is 1.83. The molecule has 1 unspecified atom stereocenters. The van der Waals surface area contributed by atoms with Crippen LogP contribution in [0.2, 0.25) is 0 Å². The maximum absolute atomic E-state index is 12.2. The van der Waals surface area contributed by atoms with Gasteiger partial charge in [-0.3, -0.25) is 9.59 Å². The summed E-state index contributed by atoms with van der Waals surface area (Å²) in [6.45, 7) is 9.42. The van der Waals surface area contributed by atoms with Crippen LogP contribution in [0.15, 0.2) is 59.2 Å². The fraction of sp³-hybridized carbons (Fsp3) is 0.533. The van der Waals surface area contributed by atoms with Crippen molar-refractivity contribution in [1.82, 2.24) is 0 Å². The van der Waals surface area contributed by atoms with E-state index in [9.17, 15) is 9.59 Å². The minimum absolute atomic E-state index is 0.0604. The van der Waals surface area contributed by atoms with Gasteiger partial charge in [-0.05, 0) is 92.1 Å². The van der Waals surface area contributed by atoms with Crippen molar-refractivity contribution in [3.05, 3.63) is 70.3 Å². The number of allylic oxidation sites excluding steroid dienone is 4. The van der Waals surface area contributed by atoms with Crippen LogP contribution in [-0.4, -0.2) is 23.8 Å². The lowest BCUT2D eigenvalue weighted by Gasteiger charge is -2.55. The molecule has 3 fully saturated rings. The Balaban J connectivity index is 1.52. The van der Waals surface area contributed by atoms with Gasteiger partial charge in [0.25, 0.3) is 0 Å². The van der Waals surface area contributed by atoms with Crippen LogP contribution in [-0.2, 0) is 9.53 Å². The van der Waals surface area contributed by atoms with E-state index in [1.165, 1.54) is 28.7 Å². The zero-order valence-corrected chi connectivity index (χ0v) is 19.9. The molecular weight excluding hydrogens is 408 g/mol. The van der Waals surface area contributed by atoms with Crippen molar-refractivity contribution in [1.29, 1.82) is 0 Å². The van der Waals surface area contributed by atoms with Crippen molar-refractivity contribution in [3.63, 3.8) is 0 Å². The number of hydrogen-bond donors (Lipinski definition) is 0. The summed E-state index contributed by atoms with van der Waals surface area (Å²) in [6.07, 6.45) is 9.92. The second-order valence-electron chi connectivity index (χ2n) is 11.2. The molecule has 3 nitrogen and oxygen atoms in total. The molecule has 0 amide bonds. The summed E-state index contributed by atoms with van der Waals surface area (Å²) >= 11 is 0. The van der Waals surface area contributed by atoms with E-state index in [0.29, 0.717) is 24.2 Å². The highest BCUT2D eigenvalue weighted by atomic mass is 16.5. The number of ether oxygens (including phenoxy) is 1. The highest BCUT2D eigenvalue weighted by Gasteiger charge is 2.65. The Hall–Kier alpha value is -2.26. The van der Waals surface area contributed by atoms with E-state index in [1.807, 2.05) is 18.2 Å². The van der Waals surface area contributed by atoms with E-state index in [-0.39, 0.29) is 22.6 Å². The molecule has 1 spiro atoms. The van der Waals surface area contributed by atoms with Crippen molar-refractivity contribution in [2.75, 3.05) is 6.61 Å². The van der Waals surface area contributed by atoms with Gasteiger partial charge in [-0.15, -0.1) is 0 Å². The fourth-order valence-corrected chi connectivity index (χ4v) is 8.37. The van der Waals surface area contributed by atoms with Crippen molar-refractivity contribution in [2.24, 2.45) is 17.3 Å². The number of fused-ring (bicyclic) bond motifs is 5. The number of hydrogen-bond acceptors (Lipinski definition) is 3. The van der Waals surface area contributed by atoms with Crippen LogP contribution in [0.1, 0.15) is 87.1 Å². The Bertz CT molecular complexity index is 1120. The topological polar surface area (TPSA) is 43.4 Å². The predicted octanol–water partition coefficient (Wildman–Crippen LogP) is 6.50. The Morgan fingerprint density at radius 2 is 1.88 bits per heavy atom. The highest BCUT2D eigenvalue weighted by Crippen LogP contribution is 2.70. The van der Waals surface area contributed by atoms with Gasteiger partial charge in [0.2, 0.25) is 0 Å². The van der Waals surface area contributed by atoms with Gasteiger partial charge >= 0.3 is 0 Å². The number of carbonyl (C=O) groups excluding carboxylic acids is 2. The number of Topliss-reactive ketones (excluding diaryl/α,β-unsaturated/α-hetero) is 1. The first-order valence-electron chi connectivity index (χ1n) is 12.7. The average molecular weight is 443 g/mol. The summed E-state index contributed by atoms with van der Waals surface area (Å²) in [4.78, 5) is 24.1. The standard InChI is InChI=1S/C30H34O3/c1-18-13-15-33-30(18)14-12-27-25-10-8-22-16-23(32)9-11-24(22)28(25)26(17-29(27,30)3)21-6-4-20(5-7-21)19(2)31/h4-7,16,25-27H,1,8-15,17H2,2-3H3/t25-,26?,27-,29-,30-/m0/s1. The summed E-state index contributed by atoms with van der Waals surface area (Å²) in [5, 5.41) is 0. The number of benzene rings is 1. The fourth-order valence-electron chi connectivity index (χ4n) is 8.37. The van der Waals surface area contributed by atoms with Crippen molar-refractivity contribution < 1.29 is 14.3 Å². The lowest BCUT2D eigenvalue weighted by atomic mass is 9.50. The maximum Gasteiger partial charge on any atom is 0.159 e. The van der Waals surface area contributed by atoms with Crippen LogP contribution >= 0.6 is 0 Å². The summed E-state index contributed by atoms with van der Waals surface area (Å²) < 4.78 is 6.61. The Morgan fingerprint density at radius 3 is 2.58 bits per heavy atom. The van der Waals surface area contributed by atoms with Crippen molar-refractivity contribution in [3.8, 4) is 0 Å². The van der Waals surface area contributed by atoms with E-state index >= 15 is 0 Å². The van der Waals surface area contributed by atoms with Crippen LogP contribution in [0.3, 0.4) is 0 Å². The lowest BCUT2D eigenvalue weighted by molar-refractivity contribution is -0.114. The van der Waals surface area contributed by atoms with Gasteiger partial charge in [-0.2, -0.15) is 0 Å². The molecule has 1 saturated heterocycles. The summed E-state index contributed by atoms with van der Waals surface area (Å²) in [6, 6.07) is 8.33. The summed E-state index contributed by atoms with van der Waals surface area (Å²) in [5.41, 5.74) is 7.60. The molecule has 0 N–H and O–H groups in total. The minimum atomic E-state index is -0.190. The SMILES string of the molecule is C=C1CCO[C@@]12CC[C@H]1[C@@H]3CCC4=CC(=O)CCC4=C3C(c3ccc(C(C)=O)cc3)C[C@@]12C. The smallest absolute Gasteiger partial charge is 0.159 e. The first-order chi connectivity index (χ1) is 15.8. The molecule has 1 heterocycles. The predicted molar refractivity (Wildman–Crippen MR) is 129 cm³/mol. The van der Waals surface area contributed by atoms with E-state index in [2.05, 4.69) is 25.6 Å². The van der Waals surface area contributed by atoms with Gasteiger partial charge in [0, 0.05) is 23.3 Å². The maximum atomic E-state index is 12.2. The highest BCUT2D eigenvalue weighted by molar-refractivity contribution is 5.94. The van der Waals surface area contributed by atoms with Gasteiger partial charge < -0.3 is 4.74 Å². The van der Waals surface area contributed by atoms with Crippen molar-refractivity contribution in [2.45, 2.75) is 76.7 Å². The molecule has 4 aliphatic carbocycles. The molecule has 5 aliphatic rings. The number of rotatable bonds is 2. The molecule has 2 saturated carbocycles. The first kappa shape index (κ1) is 21.3. The molecule has 5 atom stereocenters. The molecule has 1 aliphatic heterocycles. The molecule has 1 aromatic rings. The zero-order chi connectivity index (χ0) is 23.0. The molecule has 0 radical (unpaired) electrons. The van der Waals surface area contributed by atoms with Crippen LogP contribution in [0.4, 0.5) is 0 Å². The largest absolute Gasteiger partial charge is 0.370 e. The van der Waals surface area contributed by atoms with Crippen LogP contribution < -0.4 is 0 Å². The van der Waals surface area contributed by atoms with Gasteiger partial charge in [-0.1, -0.05) is 43.3 Å². The van der Waals surface area contributed by atoms with Crippen LogP contribution in [0.25, 0.3) is 0 Å². The molecule has 1 aromatic carbocycles. The van der Waals surface area contributed by atoms with E-state index in [4.69, 9.17) is 4.74 Å². The van der Waals surface area contributed by atoms with Gasteiger partial charge in [0.15, 0.2) is 11.6 Å². The molecule has 33 heavy (non-hydrogen) atoms. The van der Waals surface area contributed by atoms with Crippen LogP contribution in [0, 0.1) is 17.3 Å². The number of ketones is 2. The molecule has 0 aromatic heterocycles. The van der Waals surface area contributed by atoms with Gasteiger partial charge in [0.05, 0.1) is 12.2 Å². The Morgan fingerprint density at radius 1 is 1.09 bits per heavy atom. The molecule has 6 rings (SSSR count). The third kappa shape index (κ3) is 2.91. The normalized spacial score (nSPS) is 37.6. The Kier molecular flexibility index (Phi) is 4.75. The monoisotopic (exact) mass is 442 g/mol. The third-order valence-corrected chi connectivity index (χ3v) is 9.90. The third-order valence-electron chi connectivity index (χ3n) is 9.90. The van der Waals surface area contributed by atoms with Crippen LogP contribution in [0.5, 0.6) is 0 Å². The van der Waals surface area contributed by atoms with Gasteiger partial charge in [0.1, 0.15) is 0 Å². The van der Waals surface area contributed by atoms with Crippen molar-refractivity contribution >= 4 is 11.6 Å². The van der Waals surface area contributed by atoms with Gasteiger partial charge in [-0.25, -0.2) is 0 Å². The van der Waals surface area contributed by atoms with E-state index < -0.39 is 0 Å².